The average Bonchev–Trinajstić information content (AvgIpc) is 3.04. The van der Waals surface area contributed by atoms with Gasteiger partial charge in [-0.1, -0.05) is 0 Å². The van der Waals surface area contributed by atoms with E-state index >= 15 is 0 Å². The first-order valence-electron chi connectivity index (χ1n) is 8.55. The molecule has 0 aromatic carbocycles. The van der Waals surface area contributed by atoms with Gasteiger partial charge in [0.1, 0.15) is 6.33 Å². The van der Waals surface area contributed by atoms with Crippen LogP contribution in [0.5, 0.6) is 0 Å². The fraction of sp³-hybridized carbons (Fsp3) is 0.562. The monoisotopic (exact) mass is 381 g/mol. The minimum atomic E-state index is -3.17. The van der Waals surface area contributed by atoms with Crippen molar-refractivity contribution in [3.8, 4) is 0 Å². The molecule has 0 radical (unpaired) electrons. The van der Waals surface area contributed by atoms with Crippen molar-refractivity contribution in [1.82, 2.24) is 19.5 Å². The molecule has 0 amide bonds. The van der Waals surface area contributed by atoms with Crippen molar-refractivity contribution in [2.45, 2.75) is 46.3 Å². The molecule has 1 aliphatic rings. The molecule has 0 spiro atoms. The minimum absolute atomic E-state index is 0.0372. The molecule has 1 unspecified atom stereocenters. The SMILES string of the molecule is CC(C)OP(=O)(CC1C/C1=C/n1cnc2c(=O)[nH]c(N)nc21)OC(C)C. The predicted octanol–water partition coefficient (Wildman–Crippen LogP) is 2.61. The predicted molar refractivity (Wildman–Crippen MR) is 99.9 cm³/mol. The Morgan fingerprint density at radius 2 is 2.04 bits per heavy atom. The smallest absolute Gasteiger partial charge is 0.331 e. The first-order valence-corrected chi connectivity index (χ1v) is 10.3. The van der Waals surface area contributed by atoms with Crippen LogP contribution in [0.4, 0.5) is 5.95 Å². The van der Waals surface area contributed by atoms with Gasteiger partial charge in [0.25, 0.3) is 5.56 Å². The molecule has 3 N–H and O–H groups in total. The number of rotatable bonds is 7. The number of hydrogen-bond donors (Lipinski definition) is 2. The highest BCUT2D eigenvalue weighted by Crippen LogP contribution is 2.57. The minimum Gasteiger partial charge on any atom is -0.369 e. The van der Waals surface area contributed by atoms with Crippen LogP contribution in [0.15, 0.2) is 16.7 Å². The molecule has 1 fully saturated rings. The molecule has 0 saturated heterocycles. The van der Waals surface area contributed by atoms with Crippen LogP contribution in [-0.4, -0.2) is 37.9 Å². The summed E-state index contributed by atoms with van der Waals surface area (Å²) < 4.78 is 25.8. The highest BCUT2D eigenvalue weighted by atomic mass is 31.2. The Kier molecular flexibility index (Phi) is 5.05. The lowest BCUT2D eigenvalue weighted by Gasteiger charge is -2.22. The summed E-state index contributed by atoms with van der Waals surface area (Å²) in [5, 5.41) is 0. The van der Waals surface area contributed by atoms with Crippen LogP contribution in [0.2, 0.25) is 0 Å². The summed E-state index contributed by atoms with van der Waals surface area (Å²) in [5.41, 5.74) is 6.92. The van der Waals surface area contributed by atoms with Gasteiger partial charge in [-0.05, 0) is 45.6 Å². The van der Waals surface area contributed by atoms with E-state index in [-0.39, 0.29) is 35.2 Å². The first kappa shape index (κ1) is 18.8. The molecule has 26 heavy (non-hydrogen) atoms. The maximum atomic E-state index is 13.0. The lowest BCUT2D eigenvalue weighted by molar-refractivity contribution is 0.142. The van der Waals surface area contributed by atoms with Crippen LogP contribution in [0, 0.1) is 5.92 Å². The highest BCUT2D eigenvalue weighted by Gasteiger charge is 2.40. The lowest BCUT2D eigenvalue weighted by atomic mass is 10.4. The van der Waals surface area contributed by atoms with Crippen molar-refractivity contribution < 1.29 is 13.6 Å². The Labute approximate surface area is 151 Å². The Hall–Kier alpha value is -1.96. The second kappa shape index (κ2) is 6.98. The van der Waals surface area contributed by atoms with Gasteiger partial charge in [-0.2, -0.15) is 4.98 Å². The van der Waals surface area contributed by atoms with Crippen molar-refractivity contribution in [2.75, 3.05) is 11.9 Å². The van der Waals surface area contributed by atoms with Gasteiger partial charge >= 0.3 is 7.60 Å². The molecular formula is C16H24N5O4P. The Morgan fingerprint density at radius 3 is 2.65 bits per heavy atom. The van der Waals surface area contributed by atoms with Crippen molar-refractivity contribution in [1.29, 1.82) is 0 Å². The van der Waals surface area contributed by atoms with E-state index in [0.717, 1.165) is 12.0 Å². The van der Waals surface area contributed by atoms with Crippen LogP contribution in [0.25, 0.3) is 17.4 Å². The summed E-state index contributed by atoms with van der Waals surface area (Å²) in [4.78, 5) is 22.4. The van der Waals surface area contributed by atoms with E-state index in [1.165, 1.54) is 6.33 Å². The van der Waals surface area contributed by atoms with Crippen LogP contribution < -0.4 is 11.3 Å². The van der Waals surface area contributed by atoms with Gasteiger partial charge in [0.15, 0.2) is 11.2 Å². The van der Waals surface area contributed by atoms with Gasteiger partial charge in [-0.25, -0.2) is 4.98 Å². The Morgan fingerprint density at radius 1 is 1.38 bits per heavy atom. The number of nitrogens with two attached hydrogens (primary N) is 1. The maximum absolute atomic E-state index is 13.0. The van der Waals surface area contributed by atoms with Crippen LogP contribution in [0.3, 0.4) is 0 Å². The summed E-state index contributed by atoms with van der Waals surface area (Å²) in [6, 6.07) is 0. The van der Waals surface area contributed by atoms with E-state index in [0.29, 0.717) is 11.8 Å². The fourth-order valence-electron chi connectivity index (χ4n) is 2.80. The standard InChI is InChI=1S/C16H24N5O4P/c1-9(2)24-26(23,25-10(3)4)7-12-5-11(12)6-21-8-18-13-14(21)19-16(17)20-15(13)22/h6,8-10,12H,5,7H2,1-4H3,(H3,17,19,20,22)/b11-6-. The molecule has 1 atom stereocenters. The van der Waals surface area contributed by atoms with E-state index in [2.05, 4.69) is 15.0 Å². The zero-order chi connectivity index (χ0) is 19.1. The third-order valence-corrected chi connectivity index (χ3v) is 6.16. The third-order valence-electron chi connectivity index (χ3n) is 3.79. The number of anilines is 1. The number of allylic oxidation sites excluding steroid dienone is 1. The van der Waals surface area contributed by atoms with Crippen molar-refractivity contribution in [2.24, 2.45) is 5.92 Å². The van der Waals surface area contributed by atoms with Gasteiger partial charge < -0.3 is 14.8 Å². The molecule has 0 bridgehead atoms. The van der Waals surface area contributed by atoms with Gasteiger partial charge in [-0.15, -0.1) is 0 Å². The molecule has 1 aliphatic carbocycles. The van der Waals surface area contributed by atoms with E-state index in [1.54, 1.807) is 4.57 Å². The molecule has 0 aliphatic heterocycles. The number of aromatic nitrogens is 4. The van der Waals surface area contributed by atoms with E-state index < -0.39 is 7.60 Å². The van der Waals surface area contributed by atoms with Crippen LogP contribution in [0.1, 0.15) is 34.1 Å². The number of hydrogen-bond acceptors (Lipinski definition) is 7. The summed E-state index contributed by atoms with van der Waals surface area (Å²) in [5.74, 6) is 0.144. The van der Waals surface area contributed by atoms with Crippen molar-refractivity contribution >= 4 is 30.9 Å². The van der Waals surface area contributed by atoms with E-state index in [9.17, 15) is 9.36 Å². The Balaban J connectivity index is 1.79. The summed E-state index contributed by atoms with van der Waals surface area (Å²) >= 11 is 0. The van der Waals surface area contributed by atoms with E-state index in [1.807, 2.05) is 33.9 Å². The quantitative estimate of drug-likeness (QED) is 0.706. The molecule has 2 aromatic heterocycles. The number of nitrogen functional groups attached to an aromatic ring is 1. The van der Waals surface area contributed by atoms with Gasteiger partial charge in [0.2, 0.25) is 5.95 Å². The zero-order valence-corrected chi connectivity index (χ0v) is 16.2. The number of H-pyrrole nitrogens is 1. The summed E-state index contributed by atoms with van der Waals surface area (Å²) in [6.45, 7) is 7.35. The molecule has 142 valence electrons. The molecule has 3 rings (SSSR count). The van der Waals surface area contributed by atoms with Gasteiger partial charge in [-0.3, -0.25) is 18.9 Å². The number of imidazole rings is 1. The van der Waals surface area contributed by atoms with Crippen molar-refractivity contribution in [3.63, 3.8) is 0 Å². The maximum Gasteiger partial charge on any atom is 0.331 e. The topological polar surface area (TPSA) is 125 Å². The second-order valence-electron chi connectivity index (χ2n) is 6.98. The number of nitrogens with one attached hydrogen (secondary N) is 1. The Bertz CT molecular complexity index is 932. The normalized spacial score (nSPS) is 19.2. The van der Waals surface area contributed by atoms with Crippen molar-refractivity contribution in [3.05, 3.63) is 22.3 Å². The van der Waals surface area contributed by atoms with Crippen LogP contribution >= 0.6 is 7.60 Å². The second-order valence-corrected chi connectivity index (χ2v) is 8.99. The zero-order valence-electron chi connectivity index (χ0n) is 15.3. The number of aromatic amines is 1. The van der Waals surface area contributed by atoms with Gasteiger partial charge in [0.05, 0.1) is 18.4 Å². The molecule has 1 saturated carbocycles. The molecule has 10 heteroatoms. The van der Waals surface area contributed by atoms with E-state index in [4.69, 9.17) is 14.8 Å². The summed E-state index contributed by atoms with van der Waals surface area (Å²) in [7, 11) is -3.17. The molecular weight excluding hydrogens is 357 g/mol. The summed E-state index contributed by atoms with van der Waals surface area (Å²) in [6.07, 6.45) is 4.12. The van der Waals surface area contributed by atoms with Gasteiger partial charge in [0, 0.05) is 6.20 Å². The number of fused-ring (bicyclic) bond motifs is 1. The fourth-order valence-corrected chi connectivity index (χ4v) is 5.22. The van der Waals surface area contributed by atoms with Crippen LogP contribution in [-0.2, 0) is 13.6 Å². The molecule has 2 aromatic rings. The third kappa shape index (κ3) is 4.23. The first-order chi connectivity index (χ1) is 12.2. The average molecular weight is 381 g/mol. The largest absolute Gasteiger partial charge is 0.369 e. The number of nitrogens with zero attached hydrogens (tertiary/aromatic N) is 3. The highest BCUT2D eigenvalue weighted by molar-refractivity contribution is 7.53. The molecule has 9 nitrogen and oxygen atoms in total. The molecule has 2 heterocycles. The lowest BCUT2D eigenvalue weighted by Crippen LogP contribution is -2.11.